The lowest BCUT2D eigenvalue weighted by Crippen LogP contribution is -2.63. The summed E-state index contributed by atoms with van der Waals surface area (Å²) in [6.45, 7) is 10.3. The topological polar surface area (TPSA) is 89.9 Å². The molecule has 3 saturated carbocycles. The molecule has 4 aliphatic rings. The summed E-state index contributed by atoms with van der Waals surface area (Å²) in [5.74, 6) is -0.186. The van der Waals surface area contributed by atoms with E-state index in [0.29, 0.717) is 19.4 Å². The van der Waals surface area contributed by atoms with Crippen molar-refractivity contribution in [3.63, 3.8) is 0 Å². The van der Waals surface area contributed by atoms with E-state index in [1.165, 1.54) is 6.92 Å². The van der Waals surface area contributed by atoms with Crippen LogP contribution in [0.25, 0.3) is 0 Å². The summed E-state index contributed by atoms with van der Waals surface area (Å²) < 4.78 is 11.7. The fraction of sp³-hybridized carbons (Fsp3) is 0.759. The Bertz CT molecular complexity index is 935. The van der Waals surface area contributed by atoms with Gasteiger partial charge in [-0.05, 0) is 62.0 Å². The molecule has 0 bridgehead atoms. The smallest absolute Gasteiger partial charge is 0.303 e. The van der Waals surface area contributed by atoms with E-state index in [-0.39, 0.29) is 41.8 Å². The van der Waals surface area contributed by atoms with Crippen molar-refractivity contribution in [1.29, 1.82) is 0 Å². The third kappa shape index (κ3) is 4.15. The number of ketones is 2. The first-order valence-electron chi connectivity index (χ1n) is 13.4. The zero-order valence-corrected chi connectivity index (χ0v) is 22.0. The van der Waals surface area contributed by atoms with Gasteiger partial charge in [0.15, 0.2) is 11.4 Å². The number of fused-ring (bicyclic) bond motifs is 5. The van der Waals surface area contributed by atoms with Gasteiger partial charge in [-0.15, -0.1) is 0 Å². The van der Waals surface area contributed by atoms with Crippen molar-refractivity contribution < 1.29 is 29.0 Å². The number of unbranched alkanes of at least 4 members (excludes halogenated alkanes) is 2. The van der Waals surface area contributed by atoms with E-state index in [4.69, 9.17) is 9.47 Å². The Morgan fingerprint density at radius 1 is 1.23 bits per heavy atom. The molecule has 194 valence electrons. The maximum atomic E-state index is 13.7. The minimum absolute atomic E-state index is 0.0113. The van der Waals surface area contributed by atoms with Gasteiger partial charge < -0.3 is 14.6 Å². The van der Waals surface area contributed by atoms with Crippen molar-refractivity contribution in [3.05, 3.63) is 23.8 Å². The Morgan fingerprint density at radius 2 is 1.97 bits per heavy atom. The summed E-state index contributed by atoms with van der Waals surface area (Å²) >= 11 is 0. The number of carbonyl (C=O) groups is 3. The van der Waals surface area contributed by atoms with E-state index in [0.717, 1.165) is 37.7 Å². The van der Waals surface area contributed by atoms with Crippen molar-refractivity contribution in [2.24, 2.45) is 34.5 Å². The summed E-state index contributed by atoms with van der Waals surface area (Å²) in [6, 6.07) is 0. The number of allylic oxidation sites excluding steroid dienone is 4. The Kier molecular flexibility index (Phi) is 7.20. The highest BCUT2D eigenvalue weighted by atomic mass is 16.6. The number of hydrogen-bond acceptors (Lipinski definition) is 6. The first kappa shape index (κ1) is 26.3. The molecule has 3 fully saturated rings. The van der Waals surface area contributed by atoms with Crippen LogP contribution >= 0.6 is 0 Å². The van der Waals surface area contributed by atoms with E-state index in [2.05, 4.69) is 20.8 Å². The van der Waals surface area contributed by atoms with Crippen LogP contribution in [0.1, 0.15) is 79.6 Å². The fourth-order valence-electron chi connectivity index (χ4n) is 8.40. The number of Topliss-reactive ketones (excluding diaryl/α,β-unsaturated/α-hetero) is 1. The van der Waals surface area contributed by atoms with Crippen LogP contribution in [0.4, 0.5) is 0 Å². The Balaban J connectivity index is 1.66. The van der Waals surface area contributed by atoms with E-state index in [9.17, 15) is 19.5 Å². The first-order valence-corrected chi connectivity index (χ1v) is 13.4. The summed E-state index contributed by atoms with van der Waals surface area (Å²) in [6.07, 6.45) is 10.2. The molecule has 4 aliphatic carbocycles. The second-order valence-electron chi connectivity index (χ2n) is 11.9. The molecule has 1 N–H and O–H groups in total. The SMILES string of the molecule is CCCCCOCC(=O)[C@@]1(OC(C)=O)CC[C@H]2[C@@H]3CC(C)C4=CC(=O)C=C[C@]4(C)[C@H]3C(O)C[C@@]21C. The summed E-state index contributed by atoms with van der Waals surface area (Å²) in [5, 5.41) is 11.7. The molecule has 8 atom stereocenters. The molecule has 4 rings (SSSR count). The van der Waals surface area contributed by atoms with Gasteiger partial charge in [0.05, 0.1) is 6.10 Å². The van der Waals surface area contributed by atoms with Gasteiger partial charge in [0.25, 0.3) is 0 Å². The van der Waals surface area contributed by atoms with Gasteiger partial charge in [-0.3, -0.25) is 14.4 Å². The van der Waals surface area contributed by atoms with Gasteiger partial charge in [0.1, 0.15) is 6.61 Å². The molecule has 2 unspecified atom stereocenters. The zero-order chi connectivity index (χ0) is 25.6. The molecule has 0 aromatic rings. The van der Waals surface area contributed by atoms with Crippen LogP contribution < -0.4 is 0 Å². The highest BCUT2D eigenvalue weighted by molar-refractivity contribution is 6.01. The molecule has 0 amide bonds. The van der Waals surface area contributed by atoms with Crippen LogP contribution in [0.2, 0.25) is 0 Å². The minimum atomic E-state index is -1.28. The normalized spacial score (nSPS) is 42.1. The lowest BCUT2D eigenvalue weighted by molar-refractivity contribution is -0.200. The van der Waals surface area contributed by atoms with Crippen LogP contribution in [0.3, 0.4) is 0 Å². The molecular formula is C29H42O6. The van der Waals surface area contributed by atoms with Crippen molar-refractivity contribution in [1.82, 2.24) is 0 Å². The molecule has 0 saturated heterocycles. The summed E-state index contributed by atoms with van der Waals surface area (Å²) in [5.41, 5.74) is -1.24. The van der Waals surface area contributed by atoms with Gasteiger partial charge >= 0.3 is 5.97 Å². The van der Waals surface area contributed by atoms with E-state index < -0.39 is 28.5 Å². The average Bonchev–Trinajstić information content (AvgIpc) is 3.06. The Hall–Kier alpha value is -1.79. The number of esters is 1. The van der Waals surface area contributed by atoms with Crippen LogP contribution in [0.5, 0.6) is 0 Å². The highest BCUT2D eigenvalue weighted by Gasteiger charge is 2.70. The third-order valence-corrected chi connectivity index (χ3v) is 9.83. The summed E-state index contributed by atoms with van der Waals surface area (Å²) in [7, 11) is 0. The van der Waals surface area contributed by atoms with E-state index >= 15 is 0 Å². The molecule has 0 heterocycles. The third-order valence-electron chi connectivity index (χ3n) is 9.83. The molecule has 0 spiro atoms. The van der Waals surface area contributed by atoms with Crippen molar-refractivity contribution in [2.45, 2.75) is 91.3 Å². The quantitative estimate of drug-likeness (QED) is 0.399. The van der Waals surface area contributed by atoms with Crippen molar-refractivity contribution in [3.8, 4) is 0 Å². The lowest BCUT2D eigenvalue weighted by Gasteiger charge is -2.61. The molecular weight excluding hydrogens is 444 g/mol. The fourth-order valence-corrected chi connectivity index (χ4v) is 8.40. The highest BCUT2D eigenvalue weighted by Crippen LogP contribution is 2.68. The second kappa shape index (κ2) is 9.59. The number of hydrogen-bond donors (Lipinski definition) is 1. The number of rotatable bonds is 8. The number of carbonyl (C=O) groups excluding carboxylic acids is 3. The van der Waals surface area contributed by atoms with E-state index in [1.54, 1.807) is 12.2 Å². The Labute approximate surface area is 209 Å². The zero-order valence-electron chi connectivity index (χ0n) is 22.0. The number of ether oxygens (including phenoxy) is 2. The predicted octanol–water partition coefficient (Wildman–Crippen LogP) is 4.59. The maximum absolute atomic E-state index is 13.7. The molecule has 6 nitrogen and oxygen atoms in total. The molecule has 35 heavy (non-hydrogen) atoms. The standard InChI is InChI=1S/C29H42O6/c1-6-7-8-13-34-17-25(33)29(35-19(3)30)12-10-22-21-14-18(2)23-15-20(31)9-11-27(23,4)26(21)24(32)16-28(22,29)5/h9,11,15,18,21-22,24,26,32H,6-8,10,12-14,16-17H2,1-5H3/t18?,21-,22-,24?,26+,27-,28-,29-/m0/s1. The Morgan fingerprint density at radius 3 is 2.66 bits per heavy atom. The molecule has 0 radical (unpaired) electrons. The minimum Gasteiger partial charge on any atom is -0.451 e. The van der Waals surface area contributed by atoms with Crippen LogP contribution in [0.15, 0.2) is 23.8 Å². The predicted molar refractivity (Wildman–Crippen MR) is 132 cm³/mol. The van der Waals surface area contributed by atoms with Gasteiger partial charge in [-0.1, -0.05) is 52.2 Å². The van der Waals surface area contributed by atoms with E-state index in [1.807, 2.05) is 13.0 Å². The van der Waals surface area contributed by atoms with Gasteiger partial charge in [0.2, 0.25) is 5.78 Å². The number of aliphatic hydroxyl groups excluding tert-OH is 1. The van der Waals surface area contributed by atoms with Crippen LogP contribution in [-0.4, -0.2) is 47.6 Å². The average molecular weight is 487 g/mol. The van der Waals surface area contributed by atoms with Crippen molar-refractivity contribution in [2.75, 3.05) is 13.2 Å². The number of aliphatic hydroxyl groups is 1. The van der Waals surface area contributed by atoms with Gasteiger partial charge in [0, 0.05) is 30.3 Å². The lowest BCUT2D eigenvalue weighted by atomic mass is 9.44. The van der Waals surface area contributed by atoms with Crippen LogP contribution in [0, 0.1) is 34.5 Å². The monoisotopic (exact) mass is 486 g/mol. The molecule has 0 aromatic carbocycles. The maximum Gasteiger partial charge on any atom is 0.303 e. The molecule has 6 heteroatoms. The molecule has 0 aliphatic heterocycles. The summed E-state index contributed by atoms with van der Waals surface area (Å²) in [4.78, 5) is 38.2. The first-order chi connectivity index (χ1) is 16.5. The second-order valence-corrected chi connectivity index (χ2v) is 11.9. The van der Waals surface area contributed by atoms with Gasteiger partial charge in [-0.25, -0.2) is 0 Å². The van der Waals surface area contributed by atoms with Crippen molar-refractivity contribution >= 4 is 17.5 Å². The van der Waals surface area contributed by atoms with Crippen LogP contribution in [-0.2, 0) is 23.9 Å². The van der Waals surface area contributed by atoms with Gasteiger partial charge in [-0.2, -0.15) is 0 Å². The largest absolute Gasteiger partial charge is 0.451 e. The molecule has 0 aromatic heterocycles.